The molecule has 6 nitrogen and oxygen atoms in total. The maximum atomic E-state index is 12.1. The average molecular weight is 474 g/mol. The Morgan fingerprint density at radius 2 is 2.19 bits per heavy atom. The standard InChI is InChI=1S/C19H30N4O2.HI/c1-20-19(23-11-9-16(13-23)14-25-4)21-10-8-15-6-5-7-17(12-15)18(24)22(2)3;/h5-7,12,16H,8-11,13-14H2,1-4H3,(H,20,21);1H. The highest BCUT2D eigenvalue weighted by molar-refractivity contribution is 14.0. The summed E-state index contributed by atoms with van der Waals surface area (Å²) in [5.74, 6) is 1.56. The zero-order valence-corrected chi connectivity index (χ0v) is 18.5. The molecule has 0 aromatic heterocycles. The molecule has 2 rings (SSSR count). The van der Waals surface area contributed by atoms with Crippen LogP contribution >= 0.6 is 24.0 Å². The van der Waals surface area contributed by atoms with Crippen LogP contribution in [0.4, 0.5) is 0 Å². The van der Waals surface area contributed by atoms with Gasteiger partial charge in [-0.25, -0.2) is 0 Å². The summed E-state index contributed by atoms with van der Waals surface area (Å²) >= 11 is 0. The number of benzene rings is 1. The van der Waals surface area contributed by atoms with Crippen molar-refractivity contribution in [2.45, 2.75) is 12.8 Å². The molecule has 146 valence electrons. The first-order chi connectivity index (χ1) is 12.0. The van der Waals surface area contributed by atoms with Crippen LogP contribution < -0.4 is 5.32 Å². The van der Waals surface area contributed by atoms with Crippen LogP contribution in [0.25, 0.3) is 0 Å². The summed E-state index contributed by atoms with van der Waals surface area (Å²) in [4.78, 5) is 20.3. The zero-order valence-electron chi connectivity index (χ0n) is 16.2. The van der Waals surface area contributed by atoms with Gasteiger partial charge in [-0.15, -0.1) is 24.0 Å². The molecule has 1 aromatic rings. The third-order valence-corrected chi connectivity index (χ3v) is 4.48. The number of amides is 1. The lowest BCUT2D eigenvalue weighted by molar-refractivity contribution is 0.0827. The Balaban J connectivity index is 0.00000338. The predicted molar refractivity (Wildman–Crippen MR) is 116 cm³/mol. The molecule has 7 heteroatoms. The van der Waals surface area contributed by atoms with Crippen LogP contribution in [0.2, 0.25) is 0 Å². The summed E-state index contributed by atoms with van der Waals surface area (Å²) in [6.07, 6.45) is 1.99. The quantitative estimate of drug-likeness (QED) is 0.390. The number of nitrogens with zero attached hydrogens (tertiary/aromatic N) is 3. The first-order valence-electron chi connectivity index (χ1n) is 8.80. The molecule has 1 fully saturated rings. The van der Waals surface area contributed by atoms with Crippen LogP contribution in [-0.4, -0.2) is 76.2 Å². The van der Waals surface area contributed by atoms with Gasteiger partial charge in [0.15, 0.2) is 5.96 Å². The average Bonchev–Trinajstić information content (AvgIpc) is 3.07. The molecular weight excluding hydrogens is 443 g/mol. The van der Waals surface area contributed by atoms with Gasteiger partial charge < -0.3 is 19.9 Å². The molecule has 1 aliphatic rings. The molecular formula is C19H31IN4O2. The molecule has 1 unspecified atom stereocenters. The van der Waals surface area contributed by atoms with E-state index in [2.05, 4.69) is 21.3 Å². The van der Waals surface area contributed by atoms with E-state index < -0.39 is 0 Å². The minimum Gasteiger partial charge on any atom is -0.384 e. The van der Waals surface area contributed by atoms with Gasteiger partial charge in [-0.05, 0) is 30.5 Å². The number of halogens is 1. The highest BCUT2D eigenvalue weighted by Gasteiger charge is 2.24. The molecule has 1 N–H and O–H groups in total. The maximum Gasteiger partial charge on any atom is 0.253 e. The van der Waals surface area contributed by atoms with Gasteiger partial charge >= 0.3 is 0 Å². The number of aliphatic imine (C=N–C) groups is 1. The summed E-state index contributed by atoms with van der Waals surface area (Å²) in [5, 5.41) is 3.43. The number of likely N-dealkylation sites (tertiary alicyclic amines) is 1. The van der Waals surface area contributed by atoms with Crippen molar-refractivity contribution in [3.8, 4) is 0 Å². The molecule has 1 saturated heterocycles. The van der Waals surface area contributed by atoms with Gasteiger partial charge in [-0.3, -0.25) is 9.79 Å². The van der Waals surface area contributed by atoms with E-state index >= 15 is 0 Å². The third kappa shape index (κ3) is 6.42. The fourth-order valence-corrected chi connectivity index (χ4v) is 3.17. The number of hydrogen-bond donors (Lipinski definition) is 1. The topological polar surface area (TPSA) is 57.2 Å². The Hall–Kier alpha value is -1.35. The number of nitrogens with one attached hydrogen (secondary N) is 1. The summed E-state index contributed by atoms with van der Waals surface area (Å²) in [7, 11) is 7.12. The predicted octanol–water partition coefficient (Wildman–Crippen LogP) is 2.09. The lowest BCUT2D eigenvalue weighted by Crippen LogP contribution is -2.41. The Bertz CT molecular complexity index is 607. The lowest BCUT2D eigenvalue weighted by Gasteiger charge is -2.21. The number of hydrogen-bond acceptors (Lipinski definition) is 3. The molecule has 0 aliphatic carbocycles. The van der Waals surface area contributed by atoms with Gasteiger partial charge in [0.1, 0.15) is 0 Å². The van der Waals surface area contributed by atoms with E-state index in [1.807, 2.05) is 25.2 Å². The largest absolute Gasteiger partial charge is 0.384 e. The Labute approximate surface area is 174 Å². The fraction of sp³-hybridized carbons (Fsp3) is 0.579. The number of guanidine groups is 1. The normalized spacial score (nSPS) is 17.0. The highest BCUT2D eigenvalue weighted by Crippen LogP contribution is 2.16. The molecule has 1 atom stereocenters. The monoisotopic (exact) mass is 474 g/mol. The first-order valence-corrected chi connectivity index (χ1v) is 8.80. The number of carbonyl (C=O) groups excluding carboxylic acids is 1. The summed E-state index contributed by atoms with van der Waals surface area (Å²) in [5.41, 5.74) is 1.88. The van der Waals surface area contributed by atoms with Crippen LogP contribution in [0, 0.1) is 5.92 Å². The highest BCUT2D eigenvalue weighted by atomic mass is 127. The van der Waals surface area contributed by atoms with Gasteiger partial charge in [-0.2, -0.15) is 0 Å². The number of rotatable bonds is 6. The van der Waals surface area contributed by atoms with Crippen LogP contribution in [-0.2, 0) is 11.2 Å². The minimum atomic E-state index is 0. The van der Waals surface area contributed by atoms with Gasteiger partial charge in [0.25, 0.3) is 5.91 Å². The van der Waals surface area contributed by atoms with Crippen molar-refractivity contribution in [1.82, 2.24) is 15.1 Å². The van der Waals surface area contributed by atoms with Crippen molar-refractivity contribution >= 4 is 35.8 Å². The second-order valence-corrected chi connectivity index (χ2v) is 6.68. The Morgan fingerprint density at radius 1 is 1.42 bits per heavy atom. The first kappa shape index (κ1) is 22.7. The van der Waals surface area contributed by atoms with E-state index in [1.165, 1.54) is 0 Å². The van der Waals surface area contributed by atoms with Crippen molar-refractivity contribution in [2.24, 2.45) is 10.9 Å². The molecule has 1 aliphatic heterocycles. The second-order valence-electron chi connectivity index (χ2n) is 6.68. The Morgan fingerprint density at radius 3 is 2.85 bits per heavy atom. The van der Waals surface area contributed by atoms with Crippen LogP contribution in [0.15, 0.2) is 29.3 Å². The minimum absolute atomic E-state index is 0. The molecule has 26 heavy (non-hydrogen) atoms. The maximum absolute atomic E-state index is 12.1. The van der Waals surface area contributed by atoms with E-state index in [0.29, 0.717) is 5.92 Å². The van der Waals surface area contributed by atoms with E-state index in [9.17, 15) is 4.79 Å². The molecule has 1 amide bonds. The number of methoxy groups -OCH3 is 1. The molecule has 0 bridgehead atoms. The molecule has 0 radical (unpaired) electrons. The van der Waals surface area contributed by atoms with E-state index in [4.69, 9.17) is 4.74 Å². The van der Waals surface area contributed by atoms with Gasteiger partial charge in [0.05, 0.1) is 6.61 Å². The van der Waals surface area contributed by atoms with E-state index in [1.54, 1.807) is 26.1 Å². The third-order valence-electron chi connectivity index (χ3n) is 4.48. The SMILES string of the molecule is CN=C(NCCc1cccc(C(=O)N(C)C)c1)N1CCC(COC)C1.I. The van der Waals surface area contributed by atoms with Crippen molar-refractivity contribution in [1.29, 1.82) is 0 Å². The molecule has 0 saturated carbocycles. The summed E-state index contributed by atoms with van der Waals surface area (Å²) < 4.78 is 5.26. The Kier molecular flexibility index (Phi) is 9.93. The fourth-order valence-electron chi connectivity index (χ4n) is 3.17. The van der Waals surface area contributed by atoms with E-state index in [0.717, 1.165) is 56.2 Å². The zero-order chi connectivity index (χ0) is 18.2. The molecule has 1 heterocycles. The molecule has 0 spiro atoms. The van der Waals surface area contributed by atoms with Gasteiger partial charge in [-0.1, -0.05) is 12.1 Å². The van der Waals surface area contributed by atoms with Crippen LogP contribution in [0.5, 0.6) is 0 Å². The molecule has 1 aromatic carbocycles. The lowest BCUT2D eigenvalue weighted by atomic mass is 10.1. The van der Waals surface area contributed by atoms with Crippen molar-refractivity contribution < 1.29 is 9.53 Å². The van der Waals surface area contributed by atoms with Gasteiger partial charge in [0.2, 0.25) is 0 Å². The smallest absolute Gasteiger partial charge is 0.253 e. The van der Waals surface area contributed by atoms with E-state index in [-0.39, 0.29) is 29.9 Å². The second kappa shape index (κ2) is 11.4. The van der Waals surface area contributed by atoms with Crippen LogP contribution in [0.1, 0.15) is 22.3 Å². The van der Waals surface area contributed by atoms with Gasteiger partial charge in [0, 0.05) is 59.4 Å². The van der Waals surface area contributed by atoms with Crippen LogP contribution in [0.3, 0.4) is 0 Å². The van der Waals surface area contributed by atoms with Crippen molar-refractivity contribution in [3.05, 3.63) is 35.4 Å². The summed E-state index contributed by atoms with van der Waals surface area (Å²) in [6, 6.07) is 7.83. The summed E-state index contributed by atoms with van der Waals surface area (Å²) in [6.45, 7) is 3.60. The number of ether oxygens (including phenoxy) is 1. The van der Waals surface area contributed by atoms with Crippen molar-refractivity contribution in [3.63, 3.8) is 0 Å². The van der Waals surface area contributed by atoms with Crippen molar-refractivity contribution in [2.75, 3.05) is 54.5 Å². The number of carbonyl (C=O) groups is 1.